The lowest BCUT2D eigenvalue weighted by atomic mass is 9.97. The number of anilines is 1. The van der Waals surface area contributed by atoms with Gasteiger partial charge >= 0.3 is 0 Å². The Balaban J connectivity index is 2.22. The van der Waals surface area contributed by atoms with E-state index in [-0.39, 0.29) is 24.2 Å². The van der Waals surface area contributed by atoms with Gasteiger partial charge in [0, 0.05) is 26.2 Å². The molecule has 2 heterocycles. The number of halogens is 3. The third-order valence-electron chi connectivity index (χ3n) is 3.21. The maximum Gasteiger partial charge on any atom is 0.251 e. The van der Waals surface area contributed by atoms with E-state index in [0.29, 0.717) is 25.5 Å². The molecule has 1 amide bonds. The number of nitrogens with one attached hydrogen (secondary N) is 1. The summed E-state index contributed by atoms with van der Waals surface area (Å²) >= 11 is 0. The highest BCUT2D eigenvalue weighted by atomic mass is 19.2. The van der Waals surface area contributed by atoms with Gasteiger partial charge in [0.1, 0.15) is 0 Å². The smallest absolute Gasteiger partial charge is 0.251 e. The molecule has 7 heteroatoms. The minimum atomic E-state index is -1.33. The van der Waals surface area contributed by atoms with Crippen LogP contribution >= 0.6 is 0 Å². The first-order valence-electron chi connectivity index (χ1n) is 6.01. The quantitative estimate of drug-likeness (QED) is 0.830. The van der Waals surface area contributed by atoms with Crippen LogP contribution in [0.25, 0.3) is 0 Å². The molecule has 1 aliphatic rings. The van der Waals surface area contributed by atoms with E-state index in [4.69, 9.17) is 0 Å². The fraction of sp³-hybridized carbons (Fsp3) is 0.500. The maximum absolute atomic E-state index is 13.6. The van der Waals surface area contributed by atoms with E-state index in [0.717, 1.165) is 0 Å². The zero-order valence-corrected chi connectivity index (χ0v) is 10.4. The van der Waals surface area contributed by atoms with Crippen molar-refractivity contribution in [2.75, 3.05) is 25.0 Å². The largest absolute Gasteiger partial charge is 0.359 e. The van der Waals surface area contributed by atoms with Gasteiger partial charge in [0.25, 0.3) is 5.95 Å². The van der Waals surface area contributed by atoms with Crippen LogP contribution in [0.15, 0.2) is 6.07 Å². The lowest BCUT2D eigenvalue weighted by Crippen LogP contribution is -2.43. The molecule has 0 saturated carbocycles. The van der Waals surface area contributed by atoms with Crippen molar-refractivity contribution in [3.63, 3.8) is 0 Å². The molecule has 1 aromatic heterocycles. The fourth-order valence-electron chi connectivity index (χ4n) is 2.24. The topological polar surface area (TPSA) is 45.2 Å². The second-order valence-electron chi connectivity index (χ2n) is 4.47. The van der Waals surface area contributed by atoms with Gasteiger partial charge < -0.3 is 10.2 Å². The predicted octanol–water partition coefficient (Wildman–Crippen LogP) is 1.46. The molecule has 0 spiro atoms. The van der Waals surface area contributed by atoms with Gasteiger partial charge in [0.05, 0.1) is 5.92 Å². The Morgan fingerprint density at radius 1 is 1.42 bits per heavy atom. The molecule has 1 unspecified atom stereocenters. The SMILES string of the molecule is CNC(=O)C1CCCN(c2nc(F)c(F)cc2F)C1. The molecule has 0 aliphatic carbocycles. The summed E-state index contributed by atoms with van der Waals surface area (Å²) in [5.41, 5.74) is 0. The van der Waals surface area contributed by atoms with E-state index < -0.39 is 17.6 Å². The zero-order valence-electron chi connectivity index (χ0n) is 10.4. The highest BCUT2D eigenvalue weighted by Gasteiger charge is 2.28. The maximum atomic E-state index is 13.6. The molecule has 1 aromatic rings. The Morgan fingerprint density at radius 2 is 2.16 bits per heavy atom. The molecule has 104 valence electrons. The monoisotopic (exact) mass is 273 g/mol. The standard InChI is InChI=1S/C12H14F3N3O/c1-16-12(19)7-3-2-4-18(6-7)11-9(14)5-8(13)10(15)17-11/h5,7H,2-4,6H2,1H3,(H,16,19). The van der Waals surface area contributed by atoms with E-state index in [2.05, 4.69) is 10.3 Å². The van der Waals surface area contributed by atoms with Crippen LogP contribution in [0.4, 0.5) is 19.0 Å². The average Bonchev–Trinajstić information content (AvgIpc) is 2.42. The summed E-state index contributed by atoms with van der Waals surface area (Å²) in [7, 11) is 1.53. The van der Waals surface area contributed by atoms with Gasteiger partial charge in [-0.2, -0.15) is 9.37 Å². The molecule has 0 radical (unpaired) electrons. The Labute approximate surface area is 108 Å². The van der Waals surface area contributed by atoms with Gasteiger partial charge in [0.15, 0.2) is 17.5 Å². The van der Waals surface area contributed by atoms with Crippen LogP contribution in [0.1, 0.15) is 12.8 Å². The molecule has 2 rings (SSSR count). The number of nitrogens with zero attached hydrogens (tertiary/aromatic N) is 2. The first-order valence-corrected chi connectivity index (χ1v) is 6.01. The van der Waals surface area contributed by atoms with Crippen molar-refractivity contribution in [3.8, 4) is 0 Å². The number of carbonyl (C=O) groups excluding carboxylic acids is 1. The lowest BCUT2D eigenvalue weighted by molar-refractivity contribution is -0.124. The number of piperidine rings is 1. The molecule has 0 aromatic carbocycles. The molecular formula is C12H14F3N3O. The first kappa shape index (κ1) is 13.6. The van der Waals surface area contributed by atoms with Crippen LogP contribution in [0.5, 0.6) is 0 Å². The number of hydrogen-bond acceptors (Lipinski definition) is 3. The van der Waals surface area contributed by atoms with Crippen LogP contribution < -0.4 is 10.2 Å². The van der Waals surface area contributed by atoms with Crippen molar-refractivity contribution in [2.24, 2.45) is 5.92 Å². The van der Waals surface area contributed by atoms with Crippen molar-refractivity contribution < 1.29 is 18.0 Å². The molecule has 1 atom stereocenters. The molecule has 1 fully saturated rings. The highest BCUT2D eigenvalue weighted by Crippen LogP contribution is 2.25. The molecular weight excluding hydrogens is 259 g/mol. The summed E-state index contributed by atoms with van der Waals surface area (Å²) in [6.45, 7) is 0.706. The molecule has 19 heavy (non-hydrogen) atoms. The minimum absolute atomic E-state index is 0.146. The molecule has 0 bridgehead atoms. The second kappa shape index (κ2) is 5.46. The number of rotatable bonds is 2. The fourth-order valence-corrected chi connectivity index (χ4v) is 2.24. The van der Waals surface area contributed by atoms with Crippen LogP contribution in [-0.2, 0) is 4.79 Å². The summed E-state index contributed by atoms with van der Waals surface area (Å²) in [6, 6.07) is 0.473. The van der Waals surface area contributed by atoms with Crippen molar-refractivity contribution in [2.45, 2.75) is 12.8 Å². The van der Waals surface area contributed by atoms with Crippen LogP contribution in [0, 0.1) is 23.5 Å². The van der Waals surface area contributed by atoms with Crippen LogP contribution in [-0.4, -0.2) is 31.0 Å². The summed E-state index contributed by atoms with van der Waals surface area (Å²) < 4.78 is 39.5. The number of amides is 1. The highest BCUT2D eigenvalue weighted by molar-refractivity contribution is 5.79. The van der Waals surface area contributed by atoms with Gasteiger partial charge in [-0.15, -0.1) is 0 Å². The van der Waals surface area contributed by atoms with Crippen molar-refractivity contribution in [1.29, 1.82) is 0 Å². The summed E-state index contributed by atoms with van der Waals surface area (Å²) in [5, 5.41) is 2.53. The first-order chi connectivity index (χ1) is 9.02. The van der Waals surface area contributed by atoms with Crippen LogP contribution in [0.3, 0.4) is 0 Å². The normalized spacial score (nSPS) is 19.4. The summed E-state index contributed by atoms with van der Waals surface area (Å²) in [5.74, 6) is -4.26. The molecule has 1 aliphatic heterocycles. The van der Waals surface area contributed by atoms with E-state index in [9.17, 15) is 18.0 Å². The van der Waals surface area contributed by atoms with Gasteiger partial charge in [0.2, 0.25) is 5.91 Å². The Bertz CT molecular complexity index is 495. The number of aromatic nitrogens is 1. The Kier molecular flexibility index (Phi) is 3.92. The summed E-state index contributed by atoms with van der Waals surface area (Å²) in [6.07, 6.45) is 1.35. The van der Waals surface area contributed by atoms with Gasteiger partial charge in [-0.05, 0) is 12.8 Å². The second-order valence-corrected chi connectivity index (χ2v) is 4.47. The number of carbonyl (C=O) groups is 1. The predicted molar refractivity (Wildman–Crippen MR) is 63.1 cm³/mol. The van der Waals surface area contributed by atoms with Crippen molar-refractivity contribution in [1.82, 2.24) is 10.3 Å². The molecule has 1 N–H and O–H groups in total. The minimum Gasteiger partial charge on any atom is -0.359 e. The van der Waals surface area contributed by atoms with E-state index in [1.54, 1.807) is 0 Å². The van der Waals surface area contributed by atoms with Crippen LogP contribution in [0.2, 0.25) is 0 Å². The number of pyridine rings is 1. The summed E-state index contributed by atoms with van der Waals surface area (Å²) in [4.78, 5) is 16.3. The van der Waals surface area contributed by atoms with E-state index in [1.807, 2.05) is 0 Å². The van der Waals surface area contributed by atoms with E-state index in [1.165, 1.54) is 11.9 Å². The molecule has 1 saturated heterocycles. The third kappa shape index (κ3) is 2.80. The molecule has 4 nitrogen and oxygen atoms in total. The zero-order chi connectivity index (χ0) is 14.0. The average molecular weight is 273 g/mol. The lowest BCUT2D eigenvalue weighted by Gasteiger charge is -2.32. The Morgan fingerprint density at radius 3 is 2.84 bits per heavy atom. The third-order valence-corrected chi connectivity index (χ3v) is 3.21. The van der Waals surface area contributed by atoms with Crippen molar-refractivity contribution >= 4 is 11.7 Å². The van der Waals surface area contributed by atoms with E-state index >= 15 is 0 Å². The van der Waals surface area contributed by atoms with Gasteiger partial charge in [-0.25, -0.2) is 8.78 Å². The van der Waals surface area contributed by atoms with Gasteiger partial charge in [-0.3, -0.25) is 4.79 Å². The Hall–Kier alpha value is -1.79. The van der Waals surface area contributed by atoms with Crippen molar-refractivity contribution in [3.05, 3.63) is 23.6 Å². The number of hydrogen-bond donors (Lipinski definition) is 1. The van der Waals surface area contributed by atoms with Gasteiger partial charge in [-0.1, -0.05) is 0 Å².